The van der Waals surface area contributed by atoms with E-state index in [9.17, 15) is 9.59 Å². The molecular formula is C17H19N3O3S. The zero-order valence-corrected chi connectivity index (χ0v) is 14.2. The van der Waals surface area contributed by atoms with Crippen LogP contribution in [0.15, 0.2) is 30.3 Å². The van der Waals surface area contributed by atoms with Gasteiger partial charge in [-0.1, -0.05) is 47.7 Å². The number of hydrogen-bond acceptors (Lipinski definition) is 6. The standard InChI is InChI=1S/C17H19N3O3S/c1-23-16(22)10-6-5-9-14(21)18-17-20-19-15(24-17)12-11-13-7-3-2-4-8-13/h2-4,7-8,11-12H,5-6,9-10H2,1H3,(H,18,20,21). The minimum Gasteiger partial charge on any atom is -0.469 e. The lowest BCUT2D eigenvalue weighted by Crippen LogP contribution is -2.11. The average Bonchev–Trinajstić information content (AvgIpc) is 3.05. The molecule has 0 aliphatic heterocycles. The van der Waals surface area contributed by atoms with Crippen LogP contribution in [0.25, 0.3) is 12.2 Å². The molecule has 24 heavy (non-hydrogen) atoms. The number of rotatable bonds is 8. The highest BCUT2D eigenvalue weighted by Crippen LogP contribution is 2.18. The van der Waals surface area contributed by atoms with Crippen LogP contribution >= 0.6 is 11.3 Å². The third-order valence-corrected chi connectivity index (χ3v) is 3.97. The number of ether oxygens (including phenoxy) is 1. The molecule has 1 N–H and O–H groups in total. The summed E-state index contributed by atoms with van der Waals surface area (Å²) >= 11 is 1.31. The van der Waals surface area contributed by atoms with Crippen LogP contribution in [0.4, 0.5) is 5.13 Å². The van der Waals surface area contributed by atoms with Gasteiger partial charge in [-0.05, 0) is 24.5 Å². The van der Waals surface area contributed by atoms with Gasteiger partial charge in [0.1, 0.15) is 5.01 Å². The van der Waals surface area contributed by atoms with Crippen molar-refractivity contribution >= 4 is 40.5 Å². The molecule has 6 nitrogen and oxygen atoms in total. The predicted molar refractivity (Wildman–Crippen MR) is 94.4 cm³/mol. The van der Waals surface area contributed by atoms with E-state index in [0.29, 0.717) is 30.8 Å². The van der Waals surface area contributed by atoms with E-state index in [4.69, 9.17) is 0 Å². The van der Waals surface area contributed by atoms with Crippen LogP contribution in [0.3, 0.4) is 0 Å². The summed E-state index contributed by atoms with van der Waals surface area (Å²) in [5, 5.41) is 11.9. The molecule has 0 saturated heterocycles. The number of anilines is 1. The third kappa shape index (κ3) is 6.29. The van der Waals surface area contributed by atoms with E-state index in [-0.39, 0.29) is 11.9 Å². The van der Waals surface area contributed by atoms with E-state index >= 15 is 0 Å². The number of benzene rings is 1. The minimum absolute atomic E-state index is 0.130. The van der Waals surface area contributed by atoms with Crippen LogP contribution in [0.1, 0.15) is 36.3 Å². The largest absolute Gasteiger partial charge is 0.469 e. The maximum atomic E-state index is 11.8. The van der Waals surface area contributed by atoms with E-state index < -0.39 is 0 Å². The van der Waals surface area contributed by atoms with Crippen molar-refractivity contribution in [2.24, 2.45) is 0 Å². The fourth-order valence-electron chi connectivity index (χ4n) is 1.92. The smallest absolute Gasteiger partial charge is 0.305 e. The van der Waals surface area contributed by atoms with E-state index in [1.54, 1.807) is 0 Å². The molecule has 1 aromatic heterocycles. The molecule has 2 aromatic rings. The number of hydrogen-bond donors (Lipinski definition) is 1. The quantitative estimate of drug-likeness (QED) is 0.586. The molecule has 0 spiro atoms. The molecule has 0 radical (unpaired) electrons. The number of aromatic nitrogens is 2. The molecular weight excluding hydrogens is 326 g/mol. The van der Waals surface area contributed by atoms with Gasteiger partial charge in [-0.25, -0.2) is 0 Å². The van der Waals surface area contributed by atoms with Crippen molar-refractivity contribution < 1.29 is 14.3 Å². The second kappa shape index (κ2) is 9.57. The molecule has 1 amide bonds. The topological polar surface area (TPSA) is 81.2 Å². The zero-order valence-electron chi connectivity index (χ0n) is 13.4. The van der Waals surface area contributed by atoms with E-state index in [1.807, 2.05) is 42.5 Å². The normalized spacial score (nSPS) is 10.7. The second-order valence-corrected chi connectivity index (χ2v) is 6.03. The van der Waals surface area contributed by atoms with Gasteiger partial charge in [0.15, 0.2) is 0 Å². The molecule has 0 aliphatic carbocycles. The van der Waals surface area contributed by atoms with Gasteiger partial charge in [-0.2, -0.15) is 0 Å². The highest BCUT2D eigenvalue weighted by molar-refractivity contribution is 7.16. The summed E-state index contributed by atoms with van der Waals surface area (Å²) in [5.41, 5.74) is 1.07. The summed E-state index contributed by atoms with van der Waals surface area (Å²) in [5.74, 6) is -0.385. The minimum atomic E-state index is -0.255. The fourth-order valence-corrected chi connectivity index (χ4v) is 2.59. The molecule has 126 valence electrons. The number of methoxy groups -OCH3 is 1. The summed E-state index contributed by atoms with van der Waals surface area (Å²) in [6.07, 6.45) is 5.72. The number of carbonyl (C=O) groups excluding carboxylic acids is 2. The van der Waals surface area contributed by atoms with E-state index in [1.165, 1.54) is 18.4 Å². The number of amides is 1. The van der Waals surface area contributed by atoms with Crippen LogP contribution in [0, 0.1) is 0 Å². The first-order chi connectivity index (χ1) is 11.7. The van der Waals surface area contributed by atoms with Gasteiger partial charge >= 0.3 is 5.97 Å². The second-order valence-electron chi connectivity index (χ2n) is 5.02. The number of esters is 1. The van der Waals surface area contributed by atoms with Gasteiger partial charge in [-0.3, -0.25) is 9.59 Å². The number of unbranched alkanes of at least 4 members (excludes halogenated alkanes) is 1. The monoisotopic (exact) mass is 345 g/mol. The Morgan fingerprint density at radius 1 is 1.12 bits per heavy atom. The predicted octanol–water partition coefficient (Wildman–Crippen LogP) is 3.38. The Kier molecular flexibility index (Phi) is 7.10. The number of nitrogens with zero attached hydrogens (tertiary/aromatic N) is 2. The molecule has 0 atom stereocenters. The molecule has 7 heteroatoms. The highest BCUT2D eigenvalue weighted by Gasteiger charge is 2.07. The molecule has 0 fully saturated rings. The first kappa shape index (κ1) is 17.8. The van der Waals surface area contributed by atoms with Gasteiger partial charge in [0, 0.05) is 12.8 Å². The molecule has 2 rings (SSSR count). The van der Waals surface area contributed by atoms with E-state index in [2.05, 4.69) is 20.3 Å². The Hall–Kier alpha value is -2.54. The van der Waals surface area contributed by atoms with Crippen molar-refractivity contribution in [3.05, 3.63) is 40.9 Å². The van der Waals surface area contributed by atoms with Gasteiger partial charge in [0.05, 0.1) is 7.11 Å². The Morgan fingerprint density at radius 2 is 1.88 bits per heavy atom. The van der Waals surface area contributed by atoms with Crippen molar-refractivity contribution in [1.82, 2.24) is 10.2 Å². The summed E-state index contributed by atoms with van der Waals surface area (Å²) in [7, 11) is 1.36. The zero-order chi connectivity index (χ0) is 17.2. The van der Waals surface area contributed by atoms with Gasteiger partial charge in [0.25, 0.3) is 0 Å². The van der Waals surface area contributed by atoms with Crippen LogP contribution < -0.4 is 5.32 Å². The van der Waals surface area contributed by atoms with Crippen molar-refractivity contribution in [2.45, 2.75) is 25.7 Å². The van der Waals surface area contributed by atoms with Gasteiger partial charge in [-0.15, -0.1) is 10.2 Å². The van der Waals surface area contributed by atoms with Crippen molar-refractivity contribution in [3.63, 3.8) is 0 Å². The van der Waals surface area contributed by atoms with Gasteiger partial charge < -0.3 is 10.1 Å². The third-order valence-electron chi connectivity index (χ3n) is 3.17. The van der Waals surface area contributed by atoms with E-state index in [0.717, 1.165) is 10.6 Å². The van der Waals surface area contributed by atoms with Crippen LogP contribution in [-0.4, -0.2) is 29.2 Å². The first-order valence-electron chi connectivity index (χ1n) is 7.60. The van der Waals surface area contributed by atoms with Crippen molar-refractivity contribution in [3.8, 4) is 0 Å². The SMILES string of the molecule is COC(=O)CCCCC(=O)Nc1nnc(C=Cc2ccccc2)s1. The lowest BCUT2D eigenvalue weighted by molar-refractivity contribution is -0.140. The molecule has 1 heterocycles. The molecule has 1 aromatic carbocycles. The Labute approximate surface area is 144 Å². The maximum absolute atomic E-state index is 11.8. The molecule has 0 aliphatic rings. The van der Waals surface area contributed by atoms with Crippen LogP contribution in [0.2, 0.25) is 0 Å². The Morgan fingerprint density at radius 3 is 2.62 bits per heavy atom. The van der Waals surface area contributed by atoms with Crippen molar-refractivity contribution in [2.75, 3.05) is 12.4 Å². The van der Waals surface area contributed by atoms with Crippen LogP contribution in [-0.2, 0) is 14.3 Å². The summed E-state index contributed by atoms with van der Waals surface area (Å²) in [4.78, 5) is 22.8. The summed E-state index contributed by atoms with van der Waals surface area (Å²) in [6.45, 7) is 0. The average molecular weight is 345 g/mol. The Bertz CT molecular complexity index is 698. The Balaban J connectivity index is 1.75. The maximum Gasteiger partial charge on any atom is 0.305 e. The summed E-state index contributed by atoms with van der Waals surface area (Å²) < 4.78 is 4.55. The lowest BCUT2D eigenvalue weighted by atomic mass is 10.2. The summed E-state index contributed by atoms with van der Waals surface area (Å²) in [6, 6.07) is 9.88. The van der Waals surface area contributed by atoms with Crippen LogP contribution in [0.5, 0.6) is 0 Å². The molecule has 0 saturated carbocycles. The molecule has 0 bridgehead atoms. The first-order valence-corrected chi connectivity index (χ1v) is 8.42. The van der Waals surface area contributed by atoms with Crippen molar-refractivity contribution in [1.29, 1.82) is 0 Å². The lowest BCUT2D eigenvalue weighted by Gasteiger charge is -2.01. The number of carbonyl (C=O) groups is 2. The van der Waals surface area contributed by atoms with Gasteiger partial charge in [0.2, 0.25) is 11.0 Å². The molecule has 0 unspecified atom stereocenters. The number of nitrogens with one attached hydrogen (secondary N) is 1. The fraction of sp³-hybridized carbons (Fsp3) is 0.294. The highest BCUT2D eigenvalue weighted by atomic mass is 32.1.